The van der Waals surface area contributed by atoms with Gasteiger partial charge in [0.1, 0.15) is 5.82 Å². The topological polar surface area (TPSA) is 67.2 Å². The maximum Gasteiger partial charge on any atom is 0.255 e. The quantitative estimate of drug-likeness (QED) is 0.712. The molecule has 2 amide bonds. The Morgan fingerprint density at radius 2 is 1.86 bits per heavy atom. The number of rotatable bonds is 5. The van der Waals surface area contributed by atoms with Crippen molar-refractivity contribution in [2.75, 3.05) is 18.9 Å². The fraction of sp³-hybridized carbons (Fsp3) is 0.190. The van der Waals surface area contributed by atoms with E-state index in [1.165, 1.54) is 4.90 Å². The Morgan fingerprint density at radius 1 is 1.14 bits per heavy atom. The fourth-order valence-corrected chi connectivity index (χ4v) is 3.25. The van der Waals surface area contributed by atoms with E-state index in [1.807, 2.05) is 42.7 Å². The second kappa shape index (κ2) is 8.27. The highest BCUT2D eigenvalue weighted by Crippen LogP contribution is 2.22. The van der Waals surface area contributed by atoms with Crippen molar-refractivity contribution < 1.29 is 9.59 Å². The number of amides is 2. The summed E-state index contributed by atoms with van der Waals surface area (Å²) in [5, 5.41) is 3.17. The number of hydrogen-bond donors (Lipinski definition) is 1. The summed E-state index contributed by atoms with van der Waals surface area (Å²) < 4.78 is 1.92. The van der Waals surface area contributed by atoms with Gasteiger partial charge < -0.3 is 14.8 Å². The minimum Gasteiger partial charge on any atom is -0.332 e. The van der Waals surface area contributed by atoms with Crippen LogP contribution >= 0.6 is 11.6 Å². The maximum atomic E-state index is 12.9. The van der Waals surface area contributed by atoms with Gasteiger partial charge in [0.2, 0.25) is 5.91 Å². The molecule has 6 nitrogen and oxygen atoms in total. The minimum atomic E-state index is -0.317. The van der Waals surface area contributed by atoms with Crippen molar-refractivity contribution >= 4 is 29.1 Å². The van der Waals surface area contributed by atoms with Crippen LogP contribution in [0.15, 0.2) is 54.7 Å². The first-order chi connectivity index (χ1) is 13.4. The van der Waals surface area contributed by atoms with Gasteiger partial charge in [-0.1, -0.05) is 29.8 Å². The largest absolute Gasteiger partial charge is 0.332 e. The van der Waals surface area contributed by atoms with Crippen LogP contribution in [0, 0.1) is 13.8 Å². The number of carbonyl (C=O) groups excluding carboxylic acids is 2. The lowest BCUT2D eigenvalue weighted by atomic mass is 10.2. The molecule has 0 saturated carbocycles. The molecule has 7 heteroatoms. The van der Waals surface area contributed by atoms with E-state index in [9.17, 15) is 9.59 Å². The van der Waals surface area contributed by atoms with Crippen LogP contribution in [0.3, 0.4) is 0 Å². The molecule has 2 aromatic heterocycles. The van der Waals surface area contributed by atoms with Gasteiger partial charge in [-0.3, -0.25) is 9.59 Å². The van der Waals surface area contributed by atoms with E-state index in [2.05, 4.69) is 10.3 Å². The second-order valence-electron chi connectivity index (χ2n) is 6.50. The summed E-state index contributed by atoms with van der Waals surface area (Å²) >= 11 is 6.06. The summed E-state index contributed by atoms with van der Waals surface area (Å²) in [6.07, 6.45) is 1.71. The molecule has 0 aliphatic heterocycles. The molecular weight excluding hydrogens is 376 g/mol. The van der Waals surface area contributed by atoms with Gasteiger partial charge in [-0.2, -0.15) is 0 Å². The number of likely N-dealkylation sites (N-methyl/N-ethyl adjacent to an activating group) is 1. The number of carbonyl (C=O) groups is 2. The number of aromatic nitrogens is 2. The molecule has 0 saturated heterocycles. The van der Waals surface area contributed by atoms with Crippen LogP contribution in [0.25, 0.3) is 5.82 Å². The standard InChI is InChI=1S/C21H21ClN4O2/c1-14-12-16(15(2)26(14)19-10-6-7-11-23-19)21(28)25(3)13-20(27)24-18-9-5-4-8-17(18)22/h4-12H,13H2,1-3H3,(H,24,27). The highest BCUT2D eigenvalue weighted by molar-refractivity contribution is 6.33. The Balaban J connectivity index is 1.75. The Labute approximate surface area is 168 Å². The highest BCUT2D eigenvalue weighted by Gasteiger charge is 2.21. The van der Waals surface area contributed by atoms with Crippen molar-refractivity contribution in [2.24, 2.45) is 0 Å². The maximum absolute atomic E-state index is 12.9. The lowest BCUT2D eigenvalue weighted by Crippen LogP contribution is -2.35. The van der Waals surface area contributed by atoms with Gasteiger partial charge in [-0.15, -0.1) is 0 Å². The fourth-order valence-electron chi connectivity index (χ4n) is 3.06. The van der Waals surface area contributed by atoms with E-state index in [0.29, 0.717) is 16.3 Å². The van der Waals surface area contributed by atoms with Crippen LogP contribution in [-0.4, -0.2) is 39.9 Å². The molecule has 0 bridgehead atoms. The third kappa shape index (κ3) is 4.07. The van der Waals surface area contributed by atoms with Crippen LogP contribution in [0.2, 0.25) is 5.02 Å². The first kappa shape index (κ1) is 19.6. The van der Waals surface area contributed by atoms with Gasteiger partial charge in [0.15, 0.2) is 0 Å². The molecule has 28 heavy (non-hydrogen) atoms. The van der Waals surface area contributed by atoms with Gasteiger partial charge in [0, 0.05) is 24.6 Å². The van der Waals surface area contributed by atoms with Gasteiger partial charge in [-0.05, 0) is 44.2 Å². The van der Waals surface area contributed by atoms with Crippen molar-refractivity contribution in [2.45, 2.75) is 13.8 Å². The molecule has 0 fully saturated rings. The van der Waals surface area contributed by atoms with Crippen molar-refractivity contribution in [1.82, 2.24) is 14.5 Å². The predicted molar refractivity (Wildman–Crippen MR) is 110 cm³/mol. The summed E-state index contributed by atoms with van der Waals surface area (Å²) in [5.41, 5.74) is 2.73. The Hall–Kier alpha value is -3.12. The number of hydrogen-bond acceptors (Lipinski definition) is 3. The molecule has 3 aromatic rings. The molecule has 3 rings (SSSR count). The highest BCUT2D eigenvalue weighted by atomic mass is 35.5. The van der Waals surface area contributed by atoms with Crippen LogP contribution in [-0.2, 0) is 4.79 Å². The first-order valence-electron chi connectivity index (χ1n) is 8.78. The summed E-state index contributed by atoms with van der Waals surface area (Å²) in [6, 6.07) is 14.4. The molecule has 1 N–H and O–H groups in total. The minimum absolute atomic E-state index is 0.0860. The smallest absolute Gasteiger partial charge is 0.255 e. The Bertz CT molecular complexity index is 1010. The molecule has 1 aromatic carbocycles. The molecule has 2 heterocycles. The monoisotopic (exact) mass is 396 g/mol. The van der Waals surface area contributed by atoms with E-state index in [-0.39, 0.29) is 18.4 Å². The van der Waals surface area contributed by atoms with Crippen LogP contribution < -0.4 is 5.32 Å². The number of halogens is 1. The molecule has 144 valence electrons. The van der Waals surface area contributed by atoms with Crippen molar-refractivity contribution in [1.29, 1.82) is 0 Å². The van der Waals surface area contributed by atoms with E-state index in [1.54, 1.807) is 37.5 Å². The Kier molecular flexibility index (Phi) is 5.80. The molecule has 0 aliphatic rings. The lowest BCUT2D eigenvalue weighted by molar-refractivity contribution is -0.116. The zero-order valence-electron chi connectivity index (χ0n) is 15.9. The number of nitrogens with zero attached hydrogens (tertiary/aromatic N) is 3. The number of para-hydroxylation sites is 1. The zero-order chi connectivity index (χ0) is 20.3. The number of benzene rings is 1. The van der Waals surface area contributed by atoms with Crippen LogP contribution in [0.4, 0.5) is 5.69 Å². The van der Waals surface area contributed by atoms with E-state index in [0.717, 1.165) is 17.2 Å². The van der Waals surface area contributed by atoms with Crippen molar-refractivity contribution in [3.05, 3.63) is 76.7 Å². The number of nitrogens with one attached hydrogen (secondary N) is 1. The van der Waals surface area contributed by atoms with Gasteiger partial charge in [0.05, 0.1) is 22.8 Å². The van der Waals surface area contributed by atoms with E-state index in [4.69, 9.17) is 11.6 Å². The molecule has 0 spiro atoms. The van der Waals surface area contributed by atoms with Crippen molar-refractivity contribution in [3.63, 3.8) is 0 Å². The average molecular weight is 397 g/mol. The third-order valence-corrected chi connectivity index (χ3v) is 4.74. The van der Waals surface area contributed by atoms with Crippen LogP contribution in [0.1, 0.15) is 21.7 Å². The molecule has 0 aliphatic carbocycles. The van der Waals surface area contributed by atoms with E-state index < -0.39 is 0 Å². The van der Waals surface area contributed by atoms with Crippen LogP contribution in [0.5, 0.6) is 0 Å². The lowest BCUT2D eigenvalue weighted by Gasteiger charge is -2.17. The molecular formula is C21H21ClN4O2. The van der Waals surface area contributed by atoms with Gasteiger partial charge >= 0.3 is 0 Å². The number of pyridine rings is 1. The van der Waals surface area contributed by atoms with E-state index >= 15 is 0 Å². The van der Waals surface area contributed by atoms with Gasteiger partial charge in [0.25, 0.3) is 5.91 Å². The molecule has 0 radical (unpaired) electrons. The number of anilines is 1. The normalized spacial score (nSPS) is 10.6. The third-order valence-electron chi connectivity index (χ3n) is 4.42. The van der Waals surface area contributed by atoms with Gasteiger partial charge in [-0.25, -0.2) is 4.98 Å². The Morgan fingerprint density at radius 3 is 2.54 bits per heavy atom. The molecule has 0 atom stereocenters. The second-order valence-corrected chi connectivity index (χ2v) is 6.90. The summed E-state index contributed by atoms with van der Waals surface area (Å²) in [4.78, 5) is 31.0. The average Bonchev–Trinajstić information content (AvgIpc) is 2.97. The summed E-state index contributed by atoms with van der Waals surface area (Å²) in [7, 11) is 1.60. The number of aryl methyl sites for hydroxylation is 1. The van der Waals surface area contributed by atoms with Crippen molar-refractivity contribution in [3.8, 4) is 5.82 Å². The SMILES string of the molecule is Cc1cc(C(=O)N(C)CC(=O)Nc2ccccc2Cl)c(C)n1-c1ccccn1. The zero-order valence-corrected chi connectivity index (χ0v) is 16.7. The molecule has 0 unspecified atom stereocenters. The predicted octanol–water partition coefficient (Wildman–Crippen LogP) is 3.85. The first-order valence-corrected chi connectivity index (χ1v) is 9.16. The summed E-state index contributed by atoms with van der Waals surface area (Å²) in [6.45, 7) is 3.70. The summed E-state index contributed by atoms with van der Waals surface area (Å²) in [5.74, 6) is 0.197.